The first-order valence-electron chi connectivity index (χ1n) is 16.9. The van der Waals surface area contributed by atoms with Crippen LogP contribution in [-0.4, -0.2) is 79.7 Å². The molecule has 10 heteroatoms. The maximum atomic E-state index is 13.5. The zero-order chi connectivity index (χ0) is 31.9. The van der Waals surface area contributed by atoms with Crippen molar-refractivity contribution in [1.82, 2.24) is 15.5 Å². The molecule has 248 valence electrons. The van der Waals surface area contributed by atoms with Crippen LogP contribution in [0.15, 0.2) is 42.5 Å². The molecule has 2 aliphatic heterocycles. The molecular weight excluding hydrogens is 574 g/mol. The number of carbonyl (C=O) groups excluding carboxylic acids is 4. The van der Waals surface area contributed by atoms with Crippen molar-refractivity contribution >= 4 is 23.7 Å². The first-order valence-corrected chi connectivity index (χ1v) is 16.9. The van der Waals surface area contributed by atoms with Gasteiger partial charge in [-0.1, -0.05) is 56.0 Å². The van der Waals surface area contributed by atoms with E-state index in [2.05, 4.69) is 22.8 Å². The summed E-state index contributed by atoms with van der Waals surface area (Å²) >= 11 is 0. The number of nitrogens with one attached hydrogen (secondary N) is 2. The summed E-state index contributed by atoms with van der Waals surface area (Å²) in [5, 5.41) is 5.59. The van der Waals surface area contributed by atoms with Gasteiger partial charge in [0.2, 0.25) is 17.7 Å². The molecule has 1 saturated carbocycles. The Morgan fingerprint density at radius 3 is 2.49 bits per heavy atom. The number of nitrogens with zero attached hydrogens (tertiary/aromatic N) is 1. The van der Waals surface area contributed by atoms with E-state index in [4.69, 9.17) is 14.2 Å². The lowest BCUT2D eigenvalue weighted by atomic mass is 10.0. The smallest absolute Gasteiger partial charge is 0.328 e. The summed E-state index contributed by atoms with van der Waals surface area (Å²) in [6.07, 6.45) is 15.6. The van der Waals surface area contributed by atoms with Gasteiger partial charge in [-0.15, -0.1) is 0 Å². The van der Waals surface area contributed by atoms with Gasteiger partial charge in [-0.25, -0.2) is 4.79 Å². The van der Waals surface area contributed by atoms with E-state index in [-0.39, 0.29) is 49.5 Å². The minimum Gasteiger partial charge on any atom is -0.494 e. The zero-order valence-electron chi connectivity index (χ0n) is 26.8. The summed E-state index contributed by atoms with van der Waals surface area (Å²) in [7, 11) is 0. The molecule has 0 unspecified atom stereocenters. The Morgan fingerprint density at radius 1 is 0.978 bits per heavy atom. The van der Waals surface area contributed by atoms with Gasteiger partial charge in [0.15, 0.2) is 0 Å². The second kappa shape index (κ2) is 17.9. The van der Waals surface area contributed by atoms with Crippen molar-refractivity contribution in [2.75, 3.05) is 33.0 Å². The van der Waals surface area contributed by atoms with Crippen LogP contribution in [0, 0.1) is 5.41 Å². The highest BCUT2D eigenvalue weighted by atomic mass is 16.5. The Bertz CT molecular complexity index is 1140. The van der Waals surface area contributed by atoms with Crippen molar-refractivity contribution in [2.24, 2.45) is 5.41 Å². The normalized spacial score (nSPS) is 28.4. The SMILES string of the molecule is CCOC(=O)[C@@H]1C[C@@]23COCCC/C=C/CCCCCCCCC(=O)N[C@@H](CCOc4ccccc4)C(=O)NCC(=O)N1[C@H]2C3. The minimum atomic E-state index is -0.857. The summed E-state index contributed by atoms with van der Waals surface area (Å²) < 4.78 is 17.2. The van der Waals surface area contributed by atoms with E-state index >= 15 is 0 Å². The van der Waals surface area contributed by atoms with E-state index in [0.29, 0.717) is 31.8 Å². The van der Waals surface area contributed by atoms with Crippen LogP contribution in [0.25, 0.3) is 0 Å². The fourth-order valence-electron chi connectivity index (χ4n) is 6.43. The second-order valence-electron chi connectivity index (χ2n) is 12.5. The Kier molecular flexibility index (Phi) is 13.7. The van der Waals surface area contributed by atoms with Crippen molar-refractivity contribution in [3.05, 3.63) is 42.5 Å². The Hall–Kier alpha value is -3.40. The third-order valence-electron chi connectivity index (χ3n) is 8.99. The molecule has 0 spiro atoms. The highest BCUT2D eigenvalue weighted by molar-refractivity contribution is 5.92. The van der Waals surface area contributed by atoms with Gasteiger partial charge in [0, 0.05) is 30.9 Å². The van der Waals surface area contributed by atoms with E-state index in [1.165, 1.54) is 6.42 Å². The molecule has 1 saturated heterocycles. The predicted octanol–water partition coefficient (Wildman–Crippen LogP) is 4.47. The minimum absolute atomic E-state index is 0.125. The number of benzene rings is 1. The third-order valence-corrected chi connectivity index (χ3v) is 8.99. The molecule has 0 aromatic heterocycles. The quantitative estimate of drug-likeness (QED) is 0.353. The summed E-state index contributed by atoms with van der Waals surface area (Å²) in [5.41, 5.74) is -0.259. The van der Waals surface area contributed by atoms with Crippen LogP contribution >= 0.6 is 0 Å². The molecule has 3 amide bonds. The number of allylic oxidation sites excluding steroid dienone is 2. The van der Waals surface area contributed by atoms with Gasteiger partial charge in [0.1, 0.15) is 17.8 Å². The molecule has 2 bridgehead atoms. The average Bonchev–Trinajstić information content (AvgIpc) is 3.64. The van der Waals surface area contributed by atoms with Gasteiger partial charge in [0.05, 0.1) is 26.4 Å². The Labute approximate surface area is 267 Å². The third kappa shape index (κ3) is 10.6. The van der Waals surface area contributed by atoms with Gasteiger partial charge >= 0.3 is 5.97 Å². The van der Waals surface area contributed by atoms with Crippen LogP contribution in [0.4, 0.5) is 0 Å². The number of para-hydroxylation sites is 1. The molecular formula is C35H51N3O7. The molecule has 3 aliphatic rings. The largest absolute Gasteiger partial charge is 0.494 e. The van der Waals surface area contributed by atoms with Gasteiger partial charge < -0.3 is 29.7 Å². The zero-order valence-corrected chi connectivity index (χ0v) is 26.8. The second-order valence-corrected chi connectivity index (χ2v) is 12.5. The number of rotatable bonds is 6. The van der Waals surface area contributed by atoms with E-state index in [1.54, 1.807) is 11.8 Å². The van der Waals surface area contributed by atoms with Crippen LogP contribution in [0.1, 0.15) is 90.4 Å². The van der Waals surface area contributed by atoms with Crippen LogP contribution < -0.4 is 15.4 Å². The molecule has 10 nitrogen and oxygen atoms in total. The number of ether oxygens (including phenoxy) is 3. The summed E-state index contributed by atoms with van der Waals surface area (Å²) in [4.78, 5) is 54.1. The number of esters is 1. The van der Waals surface area contributed by atoms with Gasteiger partial charge in [0.25, 0.3) is 0 Å². The first kappa shape index (κ1) is 34.5. The van der Waals surface area contributed by atoms with Gasteiger partial charge in [-0.2, -0.15) is 0 Å². The first-order chi connectivity index (χ1) is 21.9. The molecule has 2 N–H and O–H groups in total. The van der Waals surface area contributed by atoms with E-state index in [0.717, 1.165) is 57.8 Å². The average molecular weight is 626 g/mol. The molecule has 4 rings (SSSR count). The maximum Gasteiger partial charge on any atom is 0.328 e. The summed E-state index contributed by atoms with van der Waals surface area (Å²) in [5.74, 6) is -0.740. The molecule has 1 aliphatic carbocycles. The lowest BCUT2D eigenvalue weighted by molar-refractivity contribution is -0.154. The Balaban J connectivity index is 1.40. The van der Waals surface area contributed by atoms with E-state index in [1.807, 2.05) is 30.3 Å². The maximum absolute atomic E-state index is 13.5. The topological polar surface area (TPSA) is 123 Å². The molecule has 2 heterocycles. The van der Waals surface area contributed by atoms with Gasteiger partial charge in [-0.3, -0.25) is 14.4 Å². The number of hydrogen-bond acceptors (Lipinski definition) is 7. The lowest BCUT2D eigenvalue weighted by Gasteiger charge is -2.26. The summed E-state index contributed by atoms with van der Waals surface area (Å²) in [6, 6.07) is 7.59. The number of hydrogen-bond donors (Lipinski definition) is 2. The van der Waals surface area contributed by atoms with E-state index in [9.17, 15) is 19.2 Å². The van der Waals surface area contributed by atoms with Crippen molar-refractivity contribution in [2.45, 2.75) is 109 Å². The number of carbonyl (C=O) groups is 4. The van der Waals surface area contributed by atoms with Crippen molar-refractivity contribution in [3.63, 3.8) is 0 Å². The molecule has 1 aromatic carbocycles. The Morgan fingerprint density at radius 2 is 1.71 bits per heavy atom. The van der Waals surface area contributed by atoms with Crippen molar-refractivity contribution < 1.29 is 33.4 Å². The van der Waals surface area contributed by atoms with Crippen LogP contribution in [0.2, 0.25) is 0 Å². The fraction of sp³-hybridized carbons (Fsp3) is 0.657. The molecule has 45 heavy (non-hydrogen) atoms. The van der Waals surface area contributed by atoms with Gasteiger partial charge in [-0.05, 0) is 64.0 Å². The number of piperidine rings is 1. The van der Waals surface area contributed by atoms with Crippen molar-refractivity contribution in [1.29, 1.82) is 0 Å². The van der Waals surface area contributed by atoms with E-state index < -0.39 is 24.0 Å². The van der Waals surface area contributed by atoms with Crippen LogP contribution in [0.5, 0.6) is 5.75 Å². The van der Waals surface area contributed by atoms with Crippen LogP contribution in [0.3, 0.4) is 0 Å². The molecule has 0 radical (unpaired) electrons. The lowest BCUT2D eigenvalue weighted by Crippen LogP contribution is -2.52. The predicted molar refractivity (Wildman–Crippen MR) is 170 cm³/mol. The van der Waals surface area contributed by atoms with Crippen molar-refractivity contribution in [3.8, 4) is 5.75 Å². The molecule has 2 fully saturated rings. The molecule has 4 atom stereocenters. The standard InChI is InChI=1S/C35H51N3O7/c1-2-44-34(42)29-23-35-24-30(35)38(29)32(40)25-36-33(41)28(20-22-45-27-17-13-12-14-18-27)37-31(39)19-15-10-8-6-4-3-5-7-9-11-16-21-43-26-35/h7,9,12-14,17-18,28-30H,2-6,8,10-11,15-16,19-26H2,1H3,(H,36,41)(H,37,39)/b9-7+/t28-,29-,30-,35+/m0/s1. The summed E-state index contributed by atoms with van der Waals surface area (Å²) in [6.45, 7) is 3.03. The highest BCUT2D eigenvalue weighted by Crippen LogP contribution is 2.59. The van der Waals surface area contributed by atoms with Crippen LogP contribution in [-0.2, 0) is 28.7 Å². The number of amides is 3. The monoisotopic (exact) mass is 625 g/mol. The highest BCUT2D eigenvalue weighted by Gasteiger charge is 2.67. The fourth-order valence-corrected chi connectivity index (χ4v) is 6.43. The molecule has 1 aromatic rings.